The summed E-state index contributed by atoms with van der Waals surface area (Å²) in [6.07, 6.45) is 4.66. The van der Waals surface area contributed by atoms with E-state index in [0.717, 1.165) is 0 Å². The Bertz CT molecular complexity index is 163. The molecule has 0 atom stereocenters. The van der Waals surface area contributed by atoms with Gasteiger partial charge >= 0.3 is 40.0 Å². The van der Waals surface area contributed by atoms with E-state index in [4.69, 9.17) is 17.5 Å². The Morgan fingerprint density at radius 3 is 1.50 bits per heavy atom. The standard InChI is InChI=1S/C5H10.Al.Na.H2O4S.2H/c1-3-5-4-2;;;1-5(2,3)4;;/h1-5H2;;;(H2,1,2,3,4);;/q;;+1;;;-1. The first-order chi connectivity index (χ1) is 5.00. The van der Waals surface area contributed by atoms with Gasteiger partial charge in [-0.25, -0.2) is 0 Å². The third-order valence-corrected chi connectivity index (χ3v) is 3.50. The number of hydrogen-bond donors (Lipinski definition) is 2. The summed E-state index contributed by atoms with van der Waals surface area (Å²) < 4.78 is 31.6. The molecule has 1 heterocycles. The molecule has 0 aromatic heterocycles. The molecule has 1 aliphatic rings. The van der Waals surface area contributed by atoms with Crippen LogP contribution in [0.15, 0.2) is 0 Å². The molecular weight excluding hydrogens is 206 g/mol. The first-order valence-electron chi connectivity index (χ1n) is 3.70. The van der Waals surface area contributed by atoms with E-state index in [2.05, 4.69) is 0 Å². The van der Waals surface area contributed by atoms with E-state index < -0.39 is 10.4 Å². The fourth-order valence-electron chi connectivity index (χ4n) is 1.06. The maximum absolute atomic E-state index is 8.74. The van der Waals surface area contributed by atoms with Crippen molar-refractivity contribution in [3.05, 3.63) is 0 Å². The number of rotatable bonds is 0. The van der Waals surface area contributed by atoms with Crippen LogP contribution < -0.4 is 29.6 Å². The molecule has 1 saturated heterocycles. The van der Waals surface area contributed by atoms with E-state index in [1.54, 1.807) is 23.4 Å². The molecule has 1 fully saturated rings. The van der Waals surface area contributed by atoms with Crippen molar-refractivity contribution in [3.8, 4) is 0 Å². The van der Waals surface area contributed by atoms with E-state index in [9.17, 15) is 0 Å². The Balaban J connectivity index is -0.000000136. The van der Waals surface area contributed by atoms with Crippen molar-refractivity contribution < 1.29 is 48.5 Å². The summed E-state index contributed by atoms with van der Waals surface area (Å²) in [4.78, 5) is 0. The Labute approximate surface area is 103 Å². The van der Waals surface area contributed by atoms with Crippen LogP contribution in [-0.2, 0) is 10.4 Å². The molecule has 0 unspecified atom stereocenters. The van der Waals surface area contributed by atoms with Crippen LogP contribution in [-0.4, -0.2) is 32.7 Å². The molecule has 1 aliphatic heterocycles. The van der Waals surface area contributed by atoms with Gasteiger partial charge in [0.1, 0.15) is 0 Å². The Hall–Kier alpha value is 1.40. The largest absolute Gasteiger partial charge is 1.00 e. The van der Waals surface area contributed by atoms with Gasteiger partial charge in [0.15, 0.2) is 0 Å². The molecule has 0 radical (unpaired) electrons. The second-order valence-corrected chi connectivity index (χ2v) is 5.59. The van der Waals surface area contributed by atoms with Crippen molar-refractivity contribution in [1.82, 2.24) is 0 Å². The Morgan fingerprint density at radius 2 is 1.42 bits per heavy atom. The summed E-state index contributed by atoms with van der Waals surface area (Å²) in [6, 6.07) is 0. The van der Waals surface area contributed by atoms with Gasteiger partial charge in [-0.15, -0.1) is 0 Å². The fraction of sp³-hybridized carbons (Fsp3) is 1.00. The van der Waals surface area contributed by atoms with Crippen LogP contribution in [0.3, 0.4) is 0 Å². The molecule has 7 heteroatoms. The van der Waals surface area contributed by atoms with Crippen molar-refractivity contribution in [2.45, 2.75) is 29.8 Å². The summed E-state index contributed by atoms with van der Waals surface area (Å²) in [7, 11) is -4.67. The second-order valence-electron chi connectivity index (χ2n) is 2.57. The quantitative estimate of drug-likeness (QED) is 0.362. The van der Waals surface area contributed by atoms with Crippen LogP contribution in [0.2, 0.25) is 10.6 Å². The van der Waals surface area contributed by atoms with Crippen LogP contribution >= 0.6 is 0 Å². The van der Waals surface area contributed by atoms with Crippen molar-refractivity contribution in [2.75, 3.05) is 0 Å². The average molecular weight is 220 g/mol. The molecule has 0 aliphatic carbocycles. The fourth-order valence-corrected chi connectivity index (χ4v) is 2.83. The average Bonchev–Trinajstić information content (AvgIpc) is 1.88. The van der Waals surface area contributed by atoms with Gasteiger partial charge in [-0.3, -0.25) is 9.11 Å². The molecule has 0 aromatic carbocycles. The molecule has 0 spiro atoms. The molecule has 0 saturated carbocycles. The molecule has 0 bridgehead atoms. The number of hydrogen-bond acceptors (Lipinski definition) is 2. The molecule has 4 nitrogen and oxygen atoms in total. The van der Waals surface area contributed by atoms with Crippen LogP contribution in [0.5, 0.6) is 0 Å². The third kappa shape index (κ3) is 22.5. The minimum atomic E-state index is -4.67. The van der Waals surface area contributed by atoms with Gasteiger partial charge in [0.25, 0.3) is 0 Å². The summed E-state index contributed by atoms with van der Waals surface area (Å²) >= 11 is 0.508. The zero-order valence-corrected chi connectivity index (χ0v) is 11.6. The Morgan fingerprint density at radius 1 is 1.08 bits per heavy atom. The van der Waals surface area contributed by atoms with E-state index >= 15 is 0 Å². The van der Waals surface area contributed by atoms with Crippen molar-refractivity contribution in [1.29, 1.82) is 0 Å². The normalized spacial score (nSPS) is 16.2. The van der Waals surface area contributed by atoms with Crippen molar-refractivity contribution in [3.63, 3.8) is 0 Å². The monoisotopic (exact) mass is 220 g/mol. The van der Waals surface area contributed by atoms with E-state index in [-0.39, 0.29) is 31.0 Å². The van der Waals surface area contributed by atoms with E-state index in [0.29, 0.717) is 15.2 Å². The van der Waals surface area contributed by atoms with Crippen molar-refractivity contribution in [2.24, 2.45) is 0 Å². The van der Waals surface area contributed by atoms with Gasteiger partial charge in [0, 0.05) is 0 Å². The Kier molecular flexibility index (Phi) is 11.9. The molecule has 2 N–H and O–H groups in total. The summed E-state index contributed by atoms with van der Waals surface area (Å²) in [5.41, 5.74) is 0. The topological polar surface area (TPSA) is 74.6 Å². The second kappa shape index (κ2) is 8.98. The molecule has 0 amide bonds. The minimum absolute atomic E-state index is 0. The molecular formula is C5H14AlNaO4S. The van der Waals surface area contributed by atoms with Gasteiger partial charge < -0.3 is 1.43 Å². The van der Waals surface area contributed by atoms with Crippen molar-refractivity contribution >= 4 is 25.6 Å². The molecule has 1 rings (SSSR count). The smallest absolute Gasteiger partial charge is 1.00 e. The van der Waals surface area contributed by atoms with Gasteiger partial charge in [0.2, 0.25) is 15.2 Å². The minimum Gasteiger partial charge on any atom is -1.00 e. The zero-order valence-electron chi connectivity index (χ0n) is 8.36. The molecule has 12 heavy (non-hydrogen) atoms. The summed E-state index contributed by atoms with van der Waals surface area (Å²) in [6.45, 7) is 0. The van der Waals surface area contributed by atoms with Crippen LogP contribution in [0.4, 0.5) is 0 Å². The van der Waals surface area contributed by atoms with Crippen LogP contribution in [0.1, 0.15) is 20.7 Å². The van der Waals surface area contributed by atoms with Gasteiger partial charge in [-0.1, -0.05) is 29.8 Å². The first-order valence-corrected chi connectivity index (χ1v) is 7.10. The molecule has 68 valence electrons. The van der Waals surface area contributed by atoms with Crippen LogP contribution in [0.25, 0.3) is 0 Å². The predicted molar refractivity (Wildman–Crippen MR) is 45.9 cm³/mol. The SMILES string of the molecule is C1C[CH2][AlH][CH2]C1.O=S(=O)(O)O.[H-].[Na+]. The first kappa shape index (κ1) is 15.9. The van der Waals surface area contributed by atoms with E-state index in [1.807, 2.05) is 0 Å². The van der Waals surface area contributed by atoms with Gasteiger partial charge in [0.05, 0.1) is 0 Å². The van der Waals surface area contributed by atoms with E-state index in [1.165, 1.54) is 6.42 Å². The predicted octanol–water partition coefficient (Wildman–Crippen LogP) is -2.09. The maximum Gasteiger partial charge on any atom is 1.00 e. The molecule has 0 aromatic rings. The third-order valence-electron chi connectivity index (χ3n) is 1.50. The summed E-state index contributed by atoms with van der Waals surface area (Å²) in [5, 5.41) is 3.28. The summed E-state index contributed by atoms with van der Waals surface area (Å²) in [5.74, 6) is 0. The van der Waals surface area contributed by atoms with Gasteiger partial charge in [-0.05, 0) is 0 Å². The van der Waals surface area contributed by atoms with Crippen LogP contribution in [0, 0.1) is 0 Å². The maximum atomic E-state index is 8.74. The zero-order chi connectivity index (χ0) is 8.74. The van der Waals surface area contributed by atoms with Gasteiger partial charge in [-0.2, -0.15) is 8.42 Å².